The molecule has 0 aliphatic carbocycles. The van der Waals surface area contributed by atoms with Gasteiger partial charge in [-0.05, 0) is 24.4 Å². The van der Waals surface area contributed by atoms with Crippen molar-refractivity contribution in [2.24, 2.45) is 5.73 Å². The molecular formula is C17H14N6O3S. The van der Waals surface area contributed by atoms with E-state index < -0.39 is 16.9 Å². The number of rotatable bonds is 4. The van der Waals surface area contributed by atoms with Crippen LogP contribution in [0.1, 0.15) is 18.5 Å². The molecule has 136 valence electrons. The van der Waals surface area contributed by atoms with E-state index in [1.165, 1.54) is 22.1 Å². The molecule has 1 aromatic carbocycles. The van der Waals surface area contributed by atoms with Gasteiger partial charge < -0.3 is 11.1 Å². The van der Waals surface area contributed by atoms with Gasteiger partial charge in [0.05, 0.1) is 20.9 Å². The summed E-state index contributed by atoms with van der Waals surface area (Å²) < 4.78 is 1.48. The van der Waals surface area contributed by atoms with Gasteiger partial charge in [0.2, 0.25) is 11.9 Å². The van der Waals surface area contributed by atoms with Crippen LogP contribution in [0.15, 0.2) is 53.0 Å². The van der Waals surface area contributed by atoms with Crippen molar-refractivity contribution in [1.82, 2.24) is 14.8 Å². The molecule has 4 rings (SSSR count). The van der Waals surface area contributed by atoms with Crippen molar-refractivity contribution >= 4 is 28.9 Å². The summed E-state index contributed by atoms with van der Waals surface area (Å²) in [6, 6.07) is 9.15. The second-order valence-corrected chi connectivity index (χ2v) is 6.87. The smallest absolute Gasteiger partial charge is 0.275 e. The molecule has 3 heterocycles. The molecule has 1 amide bonds. The van der Waals surface area contributed by atoms with Gasteiger partial charge in [-0.2, -0.15) is 4.98 Å². The minimum absolute atomic E-state index is 0.116. The van der Waals surface area contributed by atoms with Crippen LogP contribution in [0.2, 0.25) is 0 Å². The number of nitro groups is 1. The second-order valence-electron chi connectivity index (χ2n) is 5.93. The molecule has 0 saturated carbocycles. The molecule has 1 aliphatic heterocycles. The lowest BCUT2D eigenvalue weighted by Crippen LogP contribution is -2.32. The third kappa shape index (κ3) is 2.75. The highest BCUT2D eigenvalue weighted by molar-refractivity contribution is 7.13. The summed E-state index contributed by atoms with van der Waals surface area (Å²) in [6.07, 6.45) is 0. The molecule has 2 aromatic heterocycles. The first-order chi connectivity index (χ1) is 13.0. The van der Waals surface area contributed by atoms with E-state index in [-0.39, 0.29) is 11.3 Å². The molecule has 0 fully saturated rings. The highest BCUT2D eigenvalue weighted by Crippen LogP contribution is 2.39. The quantitative estimate of drug-likeness (QED) is 0.527. The number of allylic oxidation sites excluding steroid dienone is 1. The zero-order chi connectivity index (χ0) is 19.1. The standard InChI is InChI=1S/C17H14N6O3S/c1-9-13(15(18)24)14(10-5-2-3-6-11(10)23(25)26)22-17(19-9)20-16(21-22)12-7-4-8-27-12/h2-8,14H,1H3,(H2,18,24)(H,19,20,21). The molecule has 10 heteroatoms. The van der Waals surface area contributed by atoms with Crippen molar-refractivity contribution in [3.05, 3.63) is 68.7 Å². The largest absolute Gasteiger partial charge is 0.366 e. The van der Waals surface area contributed by atoms with Crippen LogP contribution in [0, 0.1) is 10.1 Å². The highest BCUT2D eigenvalue weighted by Gasteiger charge is 2.36. The lowest BCUT2D eigenvalue weighted by Gasteiger charge is -2.27. The number of fused-ring (bicyclic) bond motifs is 1. The molecular weight excluding hydrogens is 368 g/mol. The fraction of sp³-hybridized carbons (Fsp3) is 0.118. The van der Waals surface area contributed by atoms with Crippen LogP contribution in [-0.4, -0.2) is 25.6 Å². The van der Waals surface area contributed by atoms with Gasteiger partial charge in [-0.3, -0.25) is 14.9 Å². The first-order valence-electron chi connectivity index (χ1n) is 7.98. The van der Waals surface area contributed by atoms with Crippen molar-refractivity contribution in [3.63, 3.8) is 0 Å². The zero-order valence-electron chi connectivity index (χ0n) is 14.1. The van der Waals surface area contributed by atoms with Crippen LogP contribution in [0.25, 0.3) is 10.7 Å². The first-order valence-corrected chi connectivity index (χ1v) is 8.86. The Labute approximate surface area is 157 Å². The van der Waals surface area contributed by atoms with Crippen LogP contribution in [0.3, 0.4) is 0 Å². The minimum Gasteiger partial charge on any atom is -0.366 e. The highest BCUT2D eigenvalue weighted by atomic mass is 32.1. The number of para-hydroxylation sites is 1. The molecule has 0 radical (unpaired) electrons. The Kier molecular flexibility index (Phi) is 3.96. The van der Waals surface area contributed by atoms with Crippen molar-refractivity contribution in [3.8, 4) is 10.7 Å². The van der Waals surface area contributed by atoms with Gasteiger partial charge >= 0.3 is 0 Å². The number of nitrogens with one attached hydrogen (secondary N) is 1. The third-order valence-corrected chi connectivity index (χ3v) is 5.15. The van der Waals surface area contributed by atoms with Crippen molar-refractivity contribution < 1.29 is 9.72 Å². The first kappa shape index (κ1) is 16.9. The van der Waals surface area contributed by atoms with E-state index >= 15 is 0 Å². The van der Waals surface area contributed by atoms with E-state index in [1.54, 1.807) is 25.1 Å². The van der Waals surface area contributed by atoms with Gasteiger partial charge in [0, 0.05) is 11.8 Å². The molecule has 0 bridgehead atoms. The van der Waals surface area contributed by atoms with E-state index in [4.69, 9.17) is 5.73 Å². The molecule has 0 spiro atoms. The van der Waals surface area contributed by atoms with Gasteiger partial charge in [0.15, 0.2) is 5.82 Å². The Bertz CT molecular complexity index is 1090. The van der Waals surface area contributed by atoms with Crippen LogP contribution in [-0.2, 0) is 4.79 Å². The van der Waals surface area contributed by atoms with Crippen LogP contribution in [0.5, 0.6) is 0 Å². The summed E-state index contributed by atoms with van der Waals surface area (Å²) in [4.78, 5) is 28.6. The number of anilines is 1. The van der Waals surface area contributed by atoms with Gasteiger partial charge in [-0.15, -0.1) is 16.4 Å². The van der Waals surface area contributed by atoms with Crippen LogP contribution in [0.4, 0.5) is 11.6 Å². The van der Waals surface area contributed by atoms with E-state index in [1.807, 2.05) is 17.5 Å². The topological polar surface area (TPSA) is 129 Å². The number of nitrogens with two attached hydrogens (primary N) is 1. The van der Waals surface area contributed by atoms with Crippen molar-refractivity contribution in [2.75, 3.05) is 5.32 Å². The Morgan fingerprint density at radius 1 is 1.33 bits per heavy atom. The predicted molar refractivity (Wildman–Crippen MR) is 100 cm³/mol. The molecule has 9 nitrogen and oxygen atoms in total. The third-order valence-electron chi connectivity index (χ3n) is 4.29. The fourth-order valence-electron chi connectivity index (χ4n) is 3.15. The molecule has 1 unspecified atom stereocenters. The minimum atomic E-state index is -0.846. The van der Waals surface area contributed by atoms with E-state index in [9.17, 15) is 14.9 Å². The number of carbonyl (C=O) groups excluding carboxylic acids is 1. The maximum absolute atomic E-state index is 12.2. The average molecular weight is 382 g/mol. The summed E-state index contributed by atoms with van der Waals surface area (Å²) in [5.41, 5.74) is 6.51. The van der Waals surface area contributed by atoms with Gasteiger partial charge in [0.25, 0.3) is 5.69 Å². The number of hydrogen-bond acceptors (Lipinski definition) is 7. The van der Waals surface area contributed by atoms with E-state index in [0.717, 1.165) is 4.88 Å². The fourth-order valence-corrected chi connectivity index (χ4v) is 3.81. The summed E-state index contributed by atoms with van der Waals surface area (Å²) in [7, 11) is 0. The number of nitro benzene ring substituents is 1. The number of thiophene rings is 1. The Morgan fingerprint density at radius 3 is 2.78 bits per heavy atom. The maximum atomic E-state index is 12.2. The van der Waals surface area contributed by atoms with Gasteiger partial charge in [-0.25, -0.2) is 4.68 Å². The Morgan fingerprint density at radius 2 is 2.11 bits per heavy atom. The normalized spacial score (nSPS) is 16.0. The number of benzene rings is 1. The molecule has 3 aromatic rings. The van der Waals surface area contributed by atoms with Crippen LogP contribution < -0.4 is 11.1 Å². The van der Waals surface area contributed by atoms with Crippen molar-refractivity contribution in [1.29, 1.82) is 0 Å². The number of nitrogens with zero attached hydrogens (tertiary/aromatic N) is 4. The molecule has 3 N–H and O–H groups in total. The average Bonchev–Trinajstić information content (AvgIpc) is 3.29. The van der Waals surface area contributed by atoms with Crippen LogP contribution >= 0.6 is 11.3 Å². The monoisotopic (exact) mass is 382 g/mol. The predicted octanol–water partition coefficient (Wildman–Crippen LogP) is 2.69. The summed E-state index contributed by atoms with van der Waals surface area (Å²) in [5.74, 6) is 0.181. The molecule has 1 atom stereocenters. The molecule has 0 saturated heterocycles. The Balaban J connectivity index is 1.96. The number of carbonyl (C=O) groups is 1. The van der Waals surface area contributed by atoms with Gasteiger partial charge in [-0.1, -0.05) is 18.2 Å². The van der Waals surface area contributed by atoms with E-state index in [0.29, 0.717) is 23.0 Å². The number of hydrogen-bond donors (Lipinski definition) is 2. The lowest BCUT2D eigenvalue weighted by molar-refractivity contribution is -0.385. The van der Waals surface area contributed by atoms with Crippen molar-refractivity contribution in [2.45, 2.75) is 13.0 Å². The maximum Gasteiger partial charge on any atom is 0.275 e. The lowest BCUT2D eigenvalue weighted by atomic mass is 9.94. The summed E-state index contributed by atoms with van der Waals surface area (Å²) in [6.45, 7) is 1.69. The number of amides is 1. The summed E-state index contributed by atoms with van der Waals surface area (Å²) in [5, 5.41) is 21.0. The number of aromatic nitrogens is 3. The SMILES string of the molecule is CC1=C(C(N)=O)C(c2ccccc2[N+](=O)[O-])n2nc(-c3cccs3)nc2N1. The zero-order valence-corrected chi connectivity index (χ0v) is 14.9. The number of primary amides is 1. The molecule has 1 aliphatic rings. The van der Waals surface area contributed by atoms with E-state index in [2.05, 4.69) is 15.4 Å². The molecule has 27 heavy (non-hydrogen) atoms. The Hall–Kier alpha value is -3.53. The van der Waals surface area contributed by atoms with Gasteiger partial charge in [0.1, 0.15) is 6.04 Å². The second kappa shape index (κ2) is 6.32. The summed E-state index contributed by atoms with van der Waals surface area (Å²) >= 11 is 1.47.